The second kappa shape index (κ2) is 5.23. The fourth-order valence-electron chi connectivity index (χ4n) is 1.19. The Bertz CT molecular complexity index is 323. The molecule has 1 rings (SSSR count). The summed E-state index contributed by atoms with van der Waals surface area (Å²) in [5.74, 6) is 0.624. The summed E-state index contributed by atoms with van der Waals surface area (Å²) >= 11 is 0. The Morgan fingerprint density at radius 3 is 2.38 bits per heavy atom. The van der Waals surface area contributed by atoms with E-state index in [1.807, 2.05) is 32.8 Å². The van der Waals surface area contributed by atoms with Gasteiger partial charge in [0, 0.05) is 31.5 Å². The maximum atomic E-state index is 9.26. The number of rotatable bonds is 5. The quantitative estimate of drug-likeness (QED) is 0.758. The maximum Gasteiger partial charge on any atom is 0.225 e. The van der Waals surface area contributed by atoms with E-state index in [0.29, 0.717) is 5.95 Å². The van der Waals surface area contributed by atoms with Gasteiger partial charge in [0.1, 0.15) is 0 Å². The van der Waals surface area contributed by atoms with Crippen molar-refractivity contribution in [2.45, 2.75) is 25.9 Å². The lowest BCUT2D eigenvalue weighted by Gasteiger charge is -2.33. The minimum atomic E-state index is -0.357. The van der Waals surface area contributed by atoms with Crippen LogP contribution in [0.4, 0.5) is 5.95 Å². The second-order valence-electron chi connectivity index (χ2n) is 4.45. The molecule has 2 N–H and O–H groups in total. The van der Waals surface area contributed by atoms with Gasteiger partial charge in [-0.3, -0.25) is 0 Å². The summed E-state index contributed by atoms with van der Waals surface area (Å²) in [5, 5.41) is 12.3. The smallest absolute Gasteiger partial charge is 0.225 e. The molecule has 0 saturated carbocycles. The average Bonchev–Trinajstić information content (AvgIpc) is 2.29. The molecular formula is C11H20N4O. The van der Waals surface area contributed by atoms with Gasteiger partial charge in [-0.25, -0.2) is 9.97 Å². The number of nitrogens with zero attached hydrogens (tertiary/aromatic N) is 3. The Balaban J connectivity index is 2.81. The number of likely N-dealkylation sites (N-methyl/N-ethyl adjacent to an activating group) is 1. The van der Waals surface area contributed by atoms with E-state index in [-0.39, 0.29) is 12.1 Å². The molecule has 0 atom stereocenters. The lowest BCUT2D eigenvalue weighted by molar-refractivity contribution is 0.215. The zero-order chi connectivity index (χ0) is 12.2. The monoisotopic (exact) mass is 224 g/mol. The van der Waals surface area contributed by atoms with E-state index in [2.05, 4.69) is 15.3 Å². The molecule has 0 saturated heterocycles. The molecule has 0 bridgehead atoms. The van der Waals surface area contributed by atoms with E-state index in [0.717, 1.165) is 12.1 Å². The second-order valence-corrected chi connectivity index (χ2v) is 4.45. The Kier molecular flexibility index (Phi) is 4.20. The summed E-state index contributed by atoms with van der Waals surface area (Å²) in [6.45, 7) is 4.70. The molecule has 0 unspecified atom stereocenters. The highest BCUT2D eigenvalue weighted by Crippen LogP contribution is 2.17. The first-order chi connectivity index (χ1) is 7.51. The fraction of sp³-hybridized carbons (Fsp3) is 0.636. The number of hydrogen-bond acceptors (Lipinski definition) is 5. The van der Waals surface area contributed by atoms with Crippen LogP contribution in [0.2, 0.25) is 0 Å². The summed E-state index contributed by atoms with van der Waals surface area (Å²) < 4.78 is 0. The van der Waals surface area contributed by atoms with Gasteiger partial charge in [-0.2, -0.15) is 0 Å². The standard InChI is InChI=1S/C11H20N4O/c1-11(2,8-16)15(4)10-13-6-9(5-12-3)7-14-10/h6-7,12,16H,5,8H2,1-4H3. The van der Waals surface area contributed by atoms with Crippen molar-refractivity contribution in [3.05, 3.63) is 18.0 Å². The van der Waals surface area contributed by atoms with Crippen LogP contribution < -0.4 is 10.2 Å². The summed E-state index contributed by atoms with van der Waals surface area (Å²) in [4.78, 5) is 10.4. The molecule has 0 aliphatic rings. The third-order valence-corrected chi connectivity index (χ3v) is 2.67. The summed E-state index contributed by atoms with van der Waals surface area (Å²) in [6, 6.07) is 0. The third-order valence-electron chi connectivity index (χ3n) is 2.67. The Morgan fingerprint density at radius 1 is 1.38 bits per heavy atom. The molecular weight excluding hydrogens is 204 g/mol. The van der Waals surface area contributed by atoms with Crippen LogP contribution in [-0.4, -0.2) is 41.3 Å². The number of nitrogens with one attached hydrogen (secondary N) is 1. The van der Waals surface area contributed by atoms with Gasteiger partial charge < -0.3 is 15.3 Å². The first-order valence-electron chi connectivity index (χ1n) is 5.31. The highest BCUT2D eigenvalue weighted by Gasteiger charge is 2.24. The van der Waals surface area contributed by atoms with E-state index in [1.54, 1.807) is 12.4 Å². The molecule has 0 radical (unpaired) electrons. The number of hydrogen-bond donors (Lipinski definition) is 2. The molecule has 0 spiro atoms. The van der Waals surface area contributed by atoms with E-state index in [1.165, 1.54) is 0 Å². The molecule has 1 aromatic heterocycles. The normalized spacial score (nSPS) is 11.6. The molecule has 5 nitrogen and oxygen atoms in total. The maximum absolute atomic E-state index is 9.26. The molecule has 0 aliphatic carbocycles. The molecule has 0 fully saturated rings. The van der Waals surface area contributed by atoms with Crippen molar-refractivity contribution in [3.63, 3.8) is 0 Å². The Morgan fingerprint density at radius 2 is 1.94 bits per heavy atom. The molecule has 0 aliphatic heterocycles. The first kappa shape index (κ1) is 12.9. The largest absolute Gasteiger partial charge is 0.394 e. The average molecular weight is 224 g/mol. The van der Waals surface area contributed by atoms with Gasteiger partial charge in [0.15, 0.2) is 0 Å². The summed E-state index contributed by atoms with van der Waals surface area (Å²) in [7, 11) is 3.76. The van der Waals surface area contributed by atoms with Crippen LogP contribution in [0.15, 0.2) is 12.4 Å². The van der Waals surface area contributed by atoms with Crippen molar-refractivity contribution in [1.82, 2.24) is 15.3 Å². The lowest BCUT2D eigenvalue weighted by atomic mass is 10.1. The highest BCUT2D eigenvalue weighted by molar-refractivity contribution is 5.32. The van der Waals surface area contributed by atoms with Crippen molar-refractivity contribution >= 4 is 5.95 Å². The molecule has 5 heteroatoms. The van der Waals surface area contributed by atoms with E-state index in [9.17, 15) is 5.11 Å². The molecule has 1 heterocycles. The van der Waals surface area contributed by atoms with Gasteiger partial charge in [0.25, 0.3) is 0 Å². The van der Waals surface area contributed by atoms with Gasteiger partial charge in [-0.05, 0) is 20.9 Å². The topological polar surface area (TPSA) is 61.3 Å². The van der Waals surface area contributed by atoms with Crippen LogP contribution in [0.1, 0.15) is 19.4 Å². The molecule has 0 aromatic carbocycles. The first-order valence-corrected chi connectivity index (χ1v) is 5.31. The van der Waals surface area contributed by atoms with Crippen LogP contribution in [0.5, 0.6) is 0 Å². The molecule has 1 aromatic rings. The van der Waals surface area contributed by atoms with E-state index < -0.39 is 0 Å². The number of aliphatic hydroxyl groups is 1. The summed E-state index contributed by atoms with van der Waals surface area (Å²) in [6.07, 6.45) is 3.59. The predicted octanol–water partition coefficient (Wildman–Crippen LogP) is 0.403. The van der Waals surface area contributed by atoms with Gasteiger partial charge in [-0.15, -0.1) is 0 Å². The Labute approximate surface area is 96.5 Å². The van der Waals surface area contributed by atoms with Crippen molar-refractivity contribution in [1.29, 1.82) is 0 Å². The number of aliphatic hydroxyl groups excluding tert-OH is 1. The molecule has 0 amide bonds. The zero-order valence-electron chi connectivity index (χ0n) is 10.4. The van der Waals surface area contributed by atoms with Crippen molar-refractivity contribution in [2.24, 2.45) is 0 Å². The molecule has 90 valence electrons. The van der Waals surface area contributed by atoms with Crippen LogP contribution >= 0.6 is 0 Å². The Hall–Kier alpha value is -1.20. The third kappa shape index (κ3) is 2.90. The van der Waals surface area contributed by atoms with Gasteiger partial charge in [-0.1, -0.05) is 0 Å². The number of aromatic nitrogens is 2. The van der Waals surface area contributed by atoms with Crippen molar-refractivity contribution in [3.8, 4) is 0 Å². The van der Waals surface area contributed by atoms with Crippen molar-refractivity contribution in [2.75, 3.05) is 25.6 Å². The number of anilines is 1. The van der Waals surface area contributed by atoms with Crippen LogP contribution in [-0.2, 0) is 6.54 Å². The van der Waals surface area contributed by atoms with Gasteiger partial charge in [0.05, 0.1) is 12.1 Å². The van der Waals surface area contributed by atoms with Crippen LogP contribution in [0.25, 0.3) is 0 Å². The van der Waals surface area contributed by atoms with Crippen LogP contribution in [0.3, 0.4) is 0 Å². The minimum absolute atomic E-state index is 0.0606. The SMILES string of the molecule is CNCc1cnc(N(C)C(C)(C)CO)nc1. The van der Waals surface area contributed by atoms with E-state index >= 15 is 0 Å². The fourth-order valence-corrected chi connectivity index (χ4v) is 1.19. The predicted molar refractivity (Wildman–Crippen MR) is 64.4 cm³/mol. The zero-order valence-corrected chi connectivity index (χ0v) is 10.4. The van der Waals surface area contributed by atoms with Crippen LogP contribution in [0, 0.1) is 0 Å². The van der Waals surface area contributed by atoms with E-state index in [4.69, 9.17) is 0 Å². The minimum Gasteiger partial charge on any atom is -0.394 e. The highest BCUT2D eigenvalue weighted by atomic mass is 16.3. The summed E-state index contributed by atoms with van der Waals surface area (Å²) in [5.41, 5.74) is 0.686. The van der Waals surface area contributed by atoms with Gasteiger partial charge in [0.2, 0.25) is 5.95 Å². The molecule has 16 heavy (non-hydrogen) atoms. The lowest BCUT2D eigenvalue weighted by Crippen LogP contribution is -2.45. The van der Waals surface area contributed by atoms with Crippen molar-refractivity contribution < 1.29 is 5.11 Å². The van der Waals surface area contributed by atoms with Gasteiger partial charge >= 0.3 is 0 Å².